The van der Waals surface area contributed by atoms with Gasteiger partial charge in [0.15, 0.2) is 17.5 Å². The smallest absolute Gasteiger partial charge is 0.164 e. The molecule has 0 spiro atoms. The van der Waals surface area contributed by atoms with Gasteiger partial charge in [0.1, 0.15) is 22.3 Å². The van der Waals surface area contributed by atoms with Gasteiger partial charge in [0, 0.05) is 44.2 Å². The van der Waals surface area contributed by atoms with Crippen LogP contribution >= 0.6 is 0 Å². The van der Waals surface area contributed by atoms with Crippen molar-refractivity contribution < 1.29 is 8.83 Å². The molecule has 7 aromatic carbocycles. The van der Waals surface area contributed by atoms with Gasteiger partial charge in [-0.3, -0.25) is 0 Å². The molecule has 252 valence electrons. The summed E-state index contributed by atoms with van der Waals surface area (Å²) >= 11 is 0. The van der Waals surface area contributed by atoms with Crippen molar-refractivity contribution in [1.29, 1.82) is 0 Å². The second-order valence-corrected chi connectivity index (χ2v) is 13.6. The fourth-order valence-electron chi connectivity index (χ4n) is 7.69. The minimum Gasteiger partial charge on any atom is -0.456 e. The second kappa shape index (κ2) is 12.4. The fraction of sp³-hybridized carbons (Fsp3) is 0.0625. The molecule has 1 atom stereocenters. The van der Waals surface area contributed by atoms with Gasteiger partial charge < -0.3 is 8.83 Å². The van der Waals surface area contributed by atoms with E-state index in [-0.39, 0.29) is 5.92 Å². The maximum absolute atomic E-state index is 6.48. The lowest BCUT2D eigenvalue weighted by molar-refractivity contribution is 0.668. The highest BCUT2D eigenvalue weighted by Gasteiger charge is 2.21. The van der Waals surface area contributed by atoms with Gasteiger partial charge in [0.05, 0.1) is 0 Å². The zero-order chi connectivity index (χ0) is 35.5. The van der Waals surface area contributed by atoms with E-state index >= 15 is 0 Å². The Labute approximate surface area is 306 Å². The van der Waals surface area contributed by atoms with Crippen molar-refractivity contribution in [1.82, 2.24) is 15.0 Å². The number of benzene rings is 7. The van der Waals surface area contributed by atoms with Gasteiger partial charge in [-0.05, 0) is 71.1 Å². The Balaban J connectivity index is 1.12. The molecular formula is C48H33N3O2. The van der Waals surface area contributed by atoms with Crippen LogP contribution in [-0.2, 0) is 0 Å². The Bertz CT molecular complexity index is 2920. The maximum atomic E-state index is 6.48. The highest BCUT2D eigenvalue weighted by molar-refractivity contribution is 6.12. The third-order valence-electron chi connectivity index (χ3n) is 10.4. The Hall–Kier alpha value is -6.85. The van der Waals surface area contributed by atoms with Crippen LogP contribution in [0, 0.1) is 6.92 Å². The second-order valence-electron chi connectivity index (χ2n) is 13.6. The minimum atomic E-state index is 0.0930. The van der Waals surface area contributed by atoms with E-state index in [4.69, 9.17) is 23.8 Å². The highest BCUT2D eigenvalue weighted by Crippen LogP contribution is 2.42. The molecule has 5 heteroatoms. The zero-order valence-corrected chi connectivity index (χ0v) is 29.2. The minimum absolute atomic E-state index is 0.0930. The van der Waals surface area contributed by atoms with Crippen LogP contribution in [0.2, 0.25) is 0 Å². The van der Waals surface area contributed by atoms with Gasteiger partial charge in [-0.1, -0.05) is 128 Å². The average Bonchev–Trinajstić information content (AvgIpc) is 3.78. The number of aryl methyl sites for hydroxylation is 1. The molecule has 0 aliphatic rings. The van der Waals surface area contributed by atoms with Gasteiger partial charge in [-0.25, -0.2) is 15.0 Å². The van der Waals surface area contributed by atoms with Gasteiger partial charge in [0.25, 0.3) is 0 Å². The van der Waals surface area contributed by atoms with Crippen molar-refractivity contribution in [2.24, 2.45) is 0 Å². The summed E-state index contributed by atoms with van der Waals surface area (Å²) in [6.45, 7) is 4.46. The lowest BCUT2D eigenvalue weighted by atomic mass is 9.85. The lowest BCUT2D eigenvalue weighted by Crippen LogP contribution is -2.00. The summed E-state index contributed by atoms with van der Waals surface area (Å²) in [5.74, 6) is 1.95. The first-order valence-corrected chi connectivity index (χ1v) is 17.9. The first-order chi connectivity index (χ1) is 26.1. The van der Waals surface area contributed by atoms with Crippen molar-refractivity contribution in [3.8, 4) is 45.3 Å². The predicted octanol–water partition coefficient (Wildman–Crippen LogP) is 12.8. The Kier molecular flexibility index (Phi) is 7.25. The molecule has 3 aromatic heterocycles. The molecule has 0 bridgehead atoms. The lowest BCUT2D eigenvalue weighted by Gasteiger charge is -2.19. The Morgan fingerprint density at radius 1 is 0.434 bits per heavy atom. The Morgan fingerprint density at radius 2 is 1.04 bits per heavy atom. The molecule has 10 rings (SSSR count). The summed E-state index contributed by atoms with van der Waals surface area (Å²) < 4.78 is 12.7. The maximum Gasteiger partial charge on any atom is 0.164 e. The number of fused-ring (bicyclic) bond motifs is 6. The van der Waals surface area contributed by atoms with Gasteiger partial charge >= 0.3 is 0 Å². The SMILES string of the molecule is Cc1cc2oc3ccccc3c2cc1-c1ccccc1[C@H](C)c1ccc2oc3cccc(-c4nc(-c5ccccc5)nc(-c5ccccc5)n4)c3c2c1. The average molecular weight is 684 g/mol. The van der Waals surface area contributed by atoms with Crippen molar-refractivity contribution in [2.75, 3.05) is 0 Å². The number of para-hydroxylation sites is 1. The van der Waals surface area contributed by atoms with Crippen LogP contribution in [0.5, 0.6) is 0 Å². The van der Waals surface area contributed by atoms with E-state index in [1.165, 1.54) is 27.8 Å². The highest BCUT2D eigenvalue weighted by atomic mass is 16.3. The van der Waals surface area contributed by atoms with E-state index in [1.54, 1.807) is 0 Å². The molecule has 0 saturated carbocycles. The van der Waals surface area contributed by atoms with Crippen molar-refractivity contribution in [3.63, 3.8) is 0 Å². The molecule has 0 radical (unpaired) electrons. The molecule has 5 nitrogen and oxygen atoms in total. The van der Waals surface area contributed by atoms with Crippen molar-refractivity contribution in [2.45, 2.75) is 19.8 Å². The predicted molar refractivity (Wildman–Crippen MR) is 215 cm³/mol. The van der Waals surface area contributed by atoms with Crippen LogP contribution in [0.3, 0.4) is 0 Å². The van der Waals surface area contributed by atoms with E-state index in [0.717, 1.165) is 60.6 Å². The third-order valence-corrected chi connectivity index (χ3v) is 10.4. The zero-order valence-electron chi connectivity index (χ0n) is 29.2. The van der Waals surface area contributed by atoms with Gasteiger partial charge in [-0.15, -0.1) is 0 Å². The normalized spacial score (nSPS) is 12.3. The Morgan fingerprint density at radius 3 is 1.81 bits per heavy atom. The first kappa shape index (κ1) is 30.9. The topological polar surface area (TPSA) is 65.0 Å². The summed E-state index contributed by atoms with van der Waals surface area (Å²) in [6.07, 6.45) is 0. The number of aromatic nitrogens is 3. The van der Waals surface area contributed by atoms with Crippen molar-refractivity contribution in [3.05, 3.63) is 174 Å². The van der Waals surface area contributed by atoms with E-state index in [1.807, 2.05) is 84.9 Å². The van der Waals surface area contributed by atoms with Crippen LogP contribution in [-0.4, -0.2) is 15.0 Å². The van der Waals surface area contributed by atoms with Crippen LogP contribution < -0.4 is 0 Å². The van der Waals surface area contributed by atoms with Crippen molar-refractivity contribution >= 4 is 43.9 Å². The molecule has 0 aliphatic carbocycles. The first-order valence-electron chi connectivity index (χ1n) is 17.9. The van der Waals surface area contributed by atoms with E-state index in [2.05, 4.69) is 86.6 Å². The van der Waals surface area contributed by atoms with Crippen LogP contribution in [0.15, 0.2) is 167 Å². The van der Waals surface area contributed by atoms with Gasteiger partial charge in [0.2, 0.25) is 0 Å². The number of furan rings is 2. The van der Waals surface area contributed by atoms with E-state index in [9.17, 15) is 0 Å². The number of rotatable bonds is 6. The molecular weight excluding hydrogens is 651 g/mol. The van der Waals surface area contributed by atoms with Crippen LogP contribution in [0.4, 0.5) is 0 Å². The summed E-state index contributed by atoms with van der Waals surface area (Å²) in [7, 11) is 0. The summed E-state index contributed by atoms with van der Waals surface area (Å²) in [5, 5.41) is 4.28. The van der Waals surface area contributed by atoms with E-state index in [0.29, 0.717) is 17.5 Å². The molecule has 0 unspecified atom stereocenters. The molecule has 0 fully saturated rings. The molecule has 53 heavy (non-hydrogen) atoms. The summed E-state index contributed by atoms with van der Waals surface area (Å²) in [4.78, 5) is 15.0. The number of hydrogen-bond donors (Lipinski definition) is 0. The quantitative estimate of drug-likeness (QED) is 0.175. The van der Waals surface area contributed by atoms with E-state index < -0.39 is 0 Å². The number of hydrogen-bond acceptors (Lipinski definition) is 5. The largest absolute Gasteiger partial charge is 0.456 e. The fourth-order valence-corrected chi connectivity index (χ4v) is 7.69. The van der Waals surface area contributed by atoms with Gasteiger partial charge in [-0.2, -0.15) is 0 Å². The summed E-state index contributed by atoms with van der Waals surface area (Å²) in [6, 6.07) is 54.3. The third kappa shape index (κ3) is 5.28. The monoisotopic (exact) mass is 683 g/mol. The van der Waals surface area contributed by atoms with Crippen LogP contribution in [0.1, 0.15) is 29.5 Å². The number of nitrogens with zero attached hydrogens (tertiary/aromatic N) is 3. The molecule has 0 saturated heterocycles. The molecule has 0 aliphatic heterocycles. The molecule has 10 aromatic rings. The molecule has 0 N–H and O–H groups in total. The standard InChI is InChI=1S/C48H33N3O2/c1-29-26-44-39(36-20-11-12-22-41(36)53-44)28-38(29)35-19-10-9-18-34(35)30(2)33-24-25-42-40(27-33)45-37(21-13-23-43(45)52-42)48-50-46(31-14-5-3-6-15-31)49-47(51-48)32-16-7-4-8-17-32/h3-28,30H,1-2H3/t30-/m1/s1. The molecule has 0 amide bonds. The molecule has 3 heterocycles. The van der Waals surface area contributed by atoms with Crippen LogP contribution in [0.25, 0.3) is 89.2 Å². The summed E-state index contributed by atoms with van der Waals surface area (Å²) in [5.41, 5.74) is 12.3.